The molecule has 2 unspecified atom stereocenters. The Kier molecular flexibility index (Phi) is 7.32. The molecule has 2 rings (SSSR count). The highest BCUT2D eigenvalue weighted by Gasteiger charge is 2.37. The molecule has 0 fully saturated rings. The summed E-state index contributed by atoms with van der Waals surface area (Å²) in [4.78, 5) is 19.4. The van der Waals surface area contributed by atoms with E-state index in [0.717, 1.165) is 0 Å². The molecule has 172 valence electrons. The van der Waals surface area contributed by atoms with Gasteiger partial charge in [-0.05, 0) is 0 Å². The zero-order valence-electron chi connectivity index (χ0n) is 13.6. The van der Waals surface area contributed by atoms with Gasteiger partial charge < -0.3 is 18.8 Å². The minimum Gasteiger partial charge on any atom is -0.417 e. The molecule has 0 radical (unpaired) electrons. The normalized spacial score (nSPS) is 15.4. The van der Waals surface area contributed by atoms with E-state index < -0.39 is 83.1 Å². The molecule has 0 aliphatic heterocycles. The molecule has 0 aliphatic carbocycles. The van der Waals surface area contributed by atoms with E-state index in [1.165, 1.54) is 0 Å². The molecule has 0 aromatic heterocycles. The van der Waals surface area contributed by atoms with Crippen LogP contribution >= 0.6 is 13.4 Å². The molecule has 19 heteroatoms. The third kappa shape index (κ3) is 5.13. The number of hydrogen-bond acceptors (Lipinski definition) is 5. The van der Waals surface area contributed by atoms with E-state index in [9.17, 15) is 53.7 Å². The summed E-state index contributed by atoms with van der Waals surface area (Å²) in [5, 5.41) is 0. The molecule has 2 aromatic rings. The predicted molar refractivity (Wildman–Crippen MR) is 87.8 cm³/mol. The highest BCUT2D eigenvalue weighted by atomic mass is 32.5. The standard InChI is InChI=1S/C12H2F10O5P2S2/c13-1-3(15)7(19)11(8(20)4(1)16)25-28(23,30)27-29(24,31)26-12-9(21)5(17)2(14)6(18)10(12)22/h(H,23,30)(H,24,31). The van der Waals surface area contributed by atoms with Crippen molar-refractivity contribution in [1.82, 2.24) is 0 Å². The zero-order valence-corrected chi connectivity index (χ0v) is 17.0. The molecule has 0 aliphatic rings. The van der Waals surface area contributed by atoms with Crippen molar-refractivity contribution in [3.05, 3.63) is 58.2 Å². The second-order valence-corrected chi connectivity index (χ2v) is 10.7. The Hall–Kier alpha value is -1.48. The molecule has 2 atom stereocenters. The van der Waals surface area contributed by atoms with Crippen molar-refractivity contribution in [2.75, 3.05) is 0 Å². The average molecular weight is 542 g/mol. The van der Waals surface area contributed by atoms with Gasteiger partial charge in [0.05, 0.1) is 0 Å². The lowest BCUT2D eigenvalue weighted by Crippen LogP contribution is -2.09. The average Bonchev–Trinajstić information content (AvgIpc) is 2.67. The van der Waals surface area contributed by atoms with Crippen LogP contribution < -0.4 is 9.05 Å². The van der Waals surface area contributed by atoms with Gasteiger partial charge in [-0.25, -0.2) is 30.7 Å². The lowest BCUT2D eigenvalue weighted by molar-refractivity contribution is 0.291. The van der Waals surface area contributed by atoms with Gasteiger partial charge in [-0.3, -0.25) is 0 Å². The minimum absolute atomic E-state index is 2.19. The molecule has 0 saturated carbocycles. The second kappa shape index (κ2) is 8.81. The third-order valence-electron chi connectivity index (χ3n) is 2.96. The smallest absolute Gasteiger partial charge is 0.386 e. The first kappa shape index (κ1) is 25.8. The maximum Gasteiger partial charge on any atom is 0.386 e. The van der Waals surface area contributed by atoms with Crippen LogP contribution in [0.4, 0.5) is 43.9 Å². The summed E-state index contributed by atoms with van der Waals surface area (Å²) in [5.41, 5.74) is 0. The van der Waals surface area contributed by atoms with E-state index in [1.807, 2.05) is 0 Å². The van der Waals surface area contributed by atoms with E-state index >= 15 is 0 Å². The molecule has 0 heterocycles. The molecule has 0 amide bonds. The van der Waals surface area contributed by atoms with Gasteiger partial charge in [0.15, 0.2) is 0 Å². The fourth-order valence-corrected chi connectivity index (χ4v) is 6.27. The largest absolute Gasteiger partial charge is 0.417 e. The van der Waals surface area contributed by atoms with Crippen LogP contribution in [0.25, 0.3) is 0 Å². The van der Waals surface area contributed by atoms with Crippen molar-refractivity contribution in [3.8, 4) is 11.5 Å². The van der Waals surface area contributed by atoms with Crippen LogP contribution in [0.5, 0.6) is 11.5 Å². The van der Waals surface area contributed by atoms with E-state index in [2.05, 4.69) is 37.0 Å². The molecule has 0 bridgehead atoms. The van der Waals surface area contributed by atoms with Gasteiger partial charge in [-0.1, -0.05) is 0 Å². The number of benzene rings is 2. The van der Waals surface area contributed by atoms with Crippen LogP contribution in [0, 0.1) is 58.2 Å². The first-order valence-electron chi connectivity index (χ1n) is 6.79. The fraction of sp³-hybridized carbons (Fsp3) is 0. The van der Waals surface area contributed by atoms with Crippen molar-refractivity contribution < 1.29 is 67.0 Å². The Labute approximate surface area is 174 Å². The first-order valence-corrected chi connectivity index (χ1v) is 12.0. The Morgan fingerprint density at radius 1 is 0.452 bits per heavy atom. The maximum absolute atomic E-state index is 13.6. The second-order valence-electron chi connectivity index (χ2n) is 5.00. The highest BCUT2D eigenvalue weighted by molar-refractivity contribution is 8.14. The van der Waals surface area contributed by atoms with Gasteiger partial charge in [-0.15, -0.1) is 0 Å². The van der Waals surface area contributed by atoms with Gasteiger partial charge in [-0.2, -0.15) is 17.6 Å². The van der Waals surface area contributed by atoms with E-state index in [1.54, 1.807) is 0 Å². The van der Waals surface area contributed by atoms with Crippen molar-refractivity contribution in [2.24, 2.45) is 0 Å². The Morgan fingerprint density at radius 2 is 0.645 bits per heavy atom. The van der Waals surface area contributed by atoms with Crippen LogP contribution in [0.15, 0.2) is 0 Å². The lowest BCUT2D eigenvalue weighted by Gasteiger charge is -2.23. The van der Waals surface area contributed by atoms with E-state index in [4.69, 9.17) is 0 Å². The van der Waals surface area contributed by atoms with Crippen LogP contribution in [0.2, 0.25) is 0 Å². The zero-order chi connectivity index (χ0) is 24.0. The van der Waals surface area contributed by atoms with E-state index in [-0.39, 0.29) is 0 Å². The Morgan fingerprint density at radius 3 is 0.871 bits per heavy atom. The molecule has 0 saturated heterocycles. The van der Waals surface area contributed by atoms with Crippen molar-refractivity contribution in [2.45, 2.75) is 0 Å². The Bertz CT molecular complexity index is 1030. The van der Waals surface area contributed by atoms with Gasteiger partial charge in [0.1, 0.15) is 0 Å². The molecule has 31 heavy (non-hydrogen) atoms. The molecule has 2 aromatic carbocycles. The van der Waals surface area contributed by atoms with Crippen LogP contribution in [0.3, 0.4) is 0 Å². The van der Waals surface area contributed by atoms with Gasteiger partial charge in [0.25, 0.3) is 0 Å². The number of rotatable bonds is 6. The van der Waals surface area contributed by atoms with Gasteiger partial charge in [0.2, 0.25) is 69.7 Å². The number of halogens is 10. The quantitative estimate of drug-likeness (QED) is 0.231. The minimum atomic E-state index is -5.38. The SMILES string of the molecule is OP(=S)(Oc1c(F)c(F)c(F)c(F)c1F)OP(O)(=S)Oc1c(F)c(F)c(F)c(F)c1F. The monoisotopic (exact) mass is 542 g/mol. The van der Waals surface area contributed by atoms with Crippen LogP contribution in [0.1, 0.15) is 0 Å². The molecule has 0 spiro atoms. The van der Waals surface area contributed by atoms with Gasteiger partial charge in [0, 0.05) is 23.6 Å². The summed E-state index contributed by atoms with van der Waals surface area (Å²) in [6, 6.07) is 0. The topological polar surface area (TPSA) is 68.2 Å². The van der Waals surface area contributed by atoms with Crippen molar-refractivity contribution >= 4 is 37.1 Å². The fourth-order valence-electron chi connectivity index (χ4n) is 1.72. The van der Waals surface area contributed by atoms with Gasteiger partial charge >= 0.3 is 13.4 Å². The molecule has 2 N–H and O–H groups in total. The summed E-state index contributed by atoms with van der Waals surface area (Å²) >= 11 is 8.28. The third-order valence-corrected chi connectivity index (χ3v) is 7.08. The summed E-state index contributed by atoms with van der Waals surface area (Å²) in [6.45, 7) is -10.8. The summed E-state index contributed by atoms with van der Waals surface area (Å²) in [6.07, 6.45) is 0. The Balaban J connectivity index is 2.39. The summed E-state index contributed by atoms with van der Waals surface area (Å²) < 4.78 is 145. The van der Waals surface area contributed by atoms with Crippen molar-refractivity contribution in [1.29, 1.82) is 0 Å². The predicted octanol–water partition coefficient (Wildman–Crippen LogP) is 4.99. The van der Waals surface area contributed by atoms with E-state index in [0.29, 0.717) is 0 Å². The summed E-state index contributed by atoms with van der Waals surface area (Å²) in [5.74, 6) is -30.3. The molecular formula is C12H2F10O5P2S2. The first-order chi connectivity index (χ1) is 14.0. The summed E-state index contributed by atoms with van der Waals surface area (Å²) in [7, 11) is 0. The molecule has 5 nitrogen and oxygen atoms in total. The molecular weight excluding hydrogens is 540 g/mol. The van der Waals surface area contributed by atoms with Crippen LogP contribution in [-0.2, 0) is 27.9 Å². The van der Waals surface area contributed by atoms with Crippen LogP contribution in [-0.4, -0.2) is 9.79 Å². The number of hydrogen-bond donors (Lipinski definition) is 2. The highest BCUT2D eigenvalue weighted by Crippen LogP contribution is 2.61. The lowest BCUT2D eigenvalue weighted by atomic mass is 10.3. The maximum atomic E-state index is 13.6. The van der Waals surface area contributed by atoms with Crippen molar-refractivity contribution in [3.63, 3.8) is 0 Å².